The zero-order valence-corrected chi connectivity index (χ0v) is 24.8. The van der Waals surface area contributed by atoms with E-state index in [2.05, 4.69) is 96.2 Å². The molecule has 0 radical (unpaired) electrons. The van der Waals surface area contributed by atoms with Crippen LogP contribution in [0.1, 0.15) is 52.7 Å². The molecule has 0 spiro atoms. The van der Waals surface area contributed by atoms with Gasteiger partial charge >= 0.3 is 0 Å². The molecule has 0 heterocycles. The van der Waals surface area contributed by atoms with Gasteiger partial charge in [0, 0.05) is 36.3 Å². The SMILES string of the molecule is CC(C)(C)c1ccc2c(c1)=[C-]C1=CC(c3ccccc3Cl)(C(C)(C)C)C=CC=21.[Cl-].[Cl-].[Hf]. The summed E-state index contributed by atoms with van der Waals surface area (Å²) in [6.45, 7) is 13.6. The maximum atomic E-state index is 6.67. The van der Waals surface area contributed by atoms with Crippen molar-refractivity contribution >= 4 is 23.3 Å². The van der Waals surface area contributed by atoms with Crippen molar-refractivity contribution in [3.8, 4) is 0 Å². The fraction of sp³-hybridized carbons (Fsp3) is 0.333. The molecule has 0 amide bonds. The molecule has 0 bridgehead atoms. The second-order valence-corrected chi connectivity index (χ2v) is 10.4. The first kappa shape index (κ1) is 28.4. The van der Waals surface area contributed by atoms with Gasteiger partial charge < -0.3 is 24.8 Å². The normalized spacial score (nSPS) is 19.1. The van der Waals surface area contributed by atoms with Crippen LogP contribution in [0.25, 0.3) is 11.6 Å². The Kier molecular flexibility index (Phi) is 8.91. The van der Waals surface area contributed by atoms with Gasteiger partial charge in [0.1, 0.15) is 0 Å². The topological polar surface area (TPSA) is 0 Å². The molecule has 4 heteroatoms. The summed E-state index contributed by atoms with van der Waals surface area (Å²) in [5.74, 6) is 0. The molecule has 31 heavy (non-hydrogen) atoms. The van der Waals surface area contributed by atoms with Gasteiger partial charge in [-0.25, -0.2) is 0 Å². The van der Waals surface area contributed by atoms with Gasteiger partial charge in [-0.3, -0.25) is 0 Å². The Hall–Kier alpha value is -0.600. The third kappa shape index (κ3) is 4.86. The van der Waals surface area contributed by atoms with E-state index in [1.807, 2.05) is 12.1 Å². The van der Waals surface area contributed by atoms with Crippen molar-refractivity contribution in [2.24, 2.45) is 5.41 Å². The van der Waals surface area contributed by atoms with Gasteiger partial charge in [-0.05, 0) is 22.5 Å². The van der Waals surface area contributed by atoms with E-state index < -0.39 is 0 Å². The largest absolute Gasteiger partial charge is 1.00 e. The van der Waals surface area contributed by atoms with Gasteiger partial charge in [0.2, 0.25) is 0 Å². The summed E-state index contributed by atoms with van der Waals surface area (Å²) in [7, 11) is 0. The number of rotatable bonds is 1. The van der Waals surface area contributed by atoms with Gasteiger partial charge in [-0.2, -0.15) is 0 Å². The van der Waals surface area contributed by atoms with Crippen LogP contribution in [-0.2, 0) is 36.7 Å². The smallest absolute Gasteiger partial charge is 0.0443 e. The number of fused-ring (bicyclic) bond motifs is 2. The molecule has 0 fully saturated rings. The van der Waals surface area contributed by atoms with Gasteiger partial charge in [0.25, 0.3) is 0 Å². The van der Waals surface area contributed by atoms with Crippen molar-refractivity contribution in [1.29, 1.82) is 0 Å². The minimum Gasteiger partial charge on any atom is -1.00 e. The maximum absolute atomic E-state index is 6.67. The average Bonchev–Trinajstić information content (AvgIpc) is 2.96. The Morgan fingerprint density at radius 3 is 2.13 bits per heavy atom. The van der Waals surface area contributed by atoms with E-state index in [-0.39, 0.29) is 66.9 Å². The molecule has 1 atom stereocenters. The summed E-state index contributed by atoms with van der Waals surface area (Å²) in [5.41, 5.74) is 4.77. The Bertz CT molecular complexity index is 1140. The van der Waals surface area contributed by atoms with Crippen LogP contribution in [0.2, 0.25) is 5.02 Å². The molecule has 164 valence electrons. The first-order valence-electron chi connectivity index (χ1n) is 9.99. The molecular weight excluding hydrogens is 609 g/mol. The van der Waals surface area contributed by atoms with Crippen LogP contribution in [0.5, 0.6) is 0 Å². The van der Waals surface area contributed by atoms with E-state index in [0.717, 1.165) is 10.6 Å². The van der Waals surface area contributed by atoms with Crippen LogP contribution in [0.3, 0.4) is 0 Å². The van der Waals surface area contributed by atoms with Crippen LogP contribution in [-0.4, -0.2) is 0 Å². The van der Waals surface area contributed by atoms with E-state index in [9.17, 15) is 0 Å². The van der Waals surface area contributed by atoms with Crippen LogP contribution < -0.4 is 35.3 Å². The molecular formula is C27H28Cl3Hf-3. The summed E-state index contributed by atoms with van der Waals surface area (Å²) in [4.78, 5) is 0. The number of hydrogen-bond donors (Lipinski definition) is 0. The fourth-order valence-corrected chi connectivity index (χ4v) is 4.62. The summed E-state index contributed by atoms with van der Waals surface area (Å²) in [5, 5.41) is 3.28. The summed E-state index contributed by atoms with van der Waals surface area (Å²) >= 11 is 6.67. The quantitative estimate of drug-likeness (QED) is 0.304. The molecule has 0 nitrogen and oxygen atoms in total. The predicted octanol–water partition coefficient (Wildman–Crippen LogP) is -0.0549. The molecule has 0 saturated carbocycles. The molecule has 0 aliphatic heterocycles. The monoisotopic (exact) mass is 637 g/mol. The molecule has 4 rings (SSSR count). The summed E-state index contributed by atoms with van der Waals surface area (Å²) in [6, 6.07) is 15.0. The van der Waals surface area contributed by atoms with Crippen molar-refractivity contribution in [3.63, 3.8) is 0 Å². The fourth-order valence-electron chi connectivity index (χ4n) is 4.33. The van der Waals surface area contributed by atoms with E-state index in [1.165, 1.54) is 27.1 Å². The van der Waals surface area contributed by atoms with E-state index >= 15 is 0 Å². The Balaban J connectivity index is 0.00000160. The number of allylic oxidation sites excluding steroid dienone is 4. The van der Waals surface area contributed by atoms with E-state index in [1.54, 1.807) is 0 Å². The van der Waals surface area contributed by atoms with Crippen LogP contribution in [0.15, 0.2) is 66.3 Å². The summed E-state index contributed by atoms with van der Waals surface area (Å²) in [6.07, 6.45) is 10.7. The number of benzene rings is 2. The van der Waals surface area contributed by atoms with E-state index in [0.29, 0.717) is 0 Å². The molecule has 2 aromatic carbocycles. The first-order valence-corrected chi connectivity index (χ1v) is 10.4. The molecule has 2 aliphatic carbocycles. The Morgan fingerprint density at radius 2 is 1.55 bits per heavy atom. The minimum atomic E-state index is -0.272. The van der Waals surface area contributed by atoms with Crippen molar-refractivity contribution < 1.29 is 50.7 Å². The maximum Gasteiger partial charge on any atom is 0.0443 e. The Morgan fingerprint density at radius 1 is 0.903 bits per heavy atom. The molecule has 2 aliphatic rings. The van der Waals surface area contributed by atoms with Crippen molar-refractivity contribution in [1.82, 2.24) is 0 Å². The van der Waals surface area contributed by atoms with E-state index in [4.69, 9.17) is 11.6 Å². The number of halogens is 3. The van der Waals surface area contributed by atoms with Crippen LogP contribution in [0.4, 0.5) is 0 Å². The van der Waals surface area contributed by atoms with Crippen molar-refractivity contribution in [3.05, 3.63) is 92.9 Å². The second kappa shape index (κ2) is 9.72. The third-order valence-electron chi connectivity index (χ3n) is 6.18. The van der Waals surface area contributed by atoms with Gasteiger partial charge in [0.15, 0.2) is 0 Å². The van der Waals surface area contributed by atoms with Crippen molar-refractivity contribution in [2.45, 2.75) is 52.4 Å². The zero-order chi connectivity index (χ0) is 20.3. The van der Waals surface area contributed by atoms with Gasteiger partial charge in [-0.15, -0.1) is 39.8 Å². The summed E-state index contributed by atoms with van der Waals surface area (Å²) < 4.78 is 0. The zero-order valence-electron chi connectivity index (χ0n) is 18.9. The average molecular weight is 637 g/mol. The second-order valence-electron chi connectivity index (χ2n) is 10.0. The van der Waals surface area contributed by atoms with Crippen molar-refractivity contribution in [2.75, 3.05) is 0 Å². The minimum absolute atomic E-state index is 0. The first-order chi connectivity index (χ1) is 13.0. The predicted molar refractivity (Wildman–Crippen MR) is 121 cm³/mol. The third-order valence-corrected chi connectivity index (χ3v) is 6.51. The molecule has 2 aromatic rings. The van der Waals surface area contributed by atoms with Crippen LogP contribution >= 0.6 is 11.6 Å². The molecule has 1 unspecified atom stereocenters. The number of hydrogen-bond acceptors (Lipinski definition) is 0. The molecule has 0 aromatic heterocycles. The molecule has 0 N–H and O–H groups in total. The Labute approximate surface area is 223 Å². The van der Waals surface area contributed by atoms with Gasteiger partial charge in [0.05, 0.1) is 0 Å². The van der Waals surface area contributed by atoms with Crippen LogP contribution in [0, 0.1) is 5.41 Å². The van der Waals surface area contributed by atoms with Gasteiger partial charge in [-0.1, -0.05) is 101 Å². The molecule has 0 saturated heterocycles. The standard InChI is InChI=1S/C27H28Cl.2ClH.Hf/c1-25(2,3)20-11-12-21-18(16-20)15-19-17-27(26(4,5)6,14-13-22(19)21)23-9-7-8-10-24(23)28;;;/h7-14,16-17H,1-6H3;2*1H;/q-1;;;/p-2.